The second-order valence-corrected chi connectivity index (χ2v) is 7.66. The molecule has 3 rings (SSSR count). The van der Waals surface area contributed by atoms with Crippen LogP contribution in [0.1, 0.15) is 49.9 Å². The van der Waals surface area contributed by atoms with Gasteiger partial charge in [-0.05, 0) is 49.9 Å². The zero-order valence-electron chi connectivity index (χ0n) is 16.9. The van der Waals surface area contributed by atoms with E-state index < -0.39 is 30.2 Å². The SMILES string of the molecule is COc1ccc(C(=O)[C@H](C)OC(=O)CN2C(=O)N[C@@]3(CCCC[C@@H]3C)C2=O)cc1. The van der Waals surface area contributed by atoms with Crippen molar-refractivity contribution >= 4 is 23.7 Å². The monoisotopic (exact) mass is 402 g/mol. The van der Waals surface area contributed by atoms with Gasteiger partial charge in [0, 0.05) is 5.56 Å². The number of esters is 1. The van der Waals surface area contributed by atoms with Gasteiger partial charge >= 0.3 is 12.0 Å². The van der Waals surface area contributed by atoms with Crippen molar-refractivity contribution in [2.75, 3.05) is 13.7 Å². The van der Waals surface area contributed by atoms with Crippen LogP contribution in [0.25, 0.3) is 0 Å². The number of hydrogen-bond donors (Lipinski definition) is 1. The fourth-order valence-corrected chi connectivity index (χ4v) is 4.05. The molecule has 1 spiro atoms. The number of carbonyl (C=O) groups is 4. The summed E-state index contributed by atoms with van der Waals surface area (Å²) >= 11 is 0. The Labute approximate surface area is 169 Å². The Morgan fingerprint density at radius 2 is 1.93 bits per heavy atom. The van der Waals surface area contributed by atoms with Crippen LogP contribution in [0.15, 0.2) is 24.3 Å². The fourth-order valence-electron chi connectivity index (χ4n) is 4.05. The van der Waals surface area contributed by atoms with Crippen molar-refractivity contribution in [1.29, 1.82) is 0 Å². The number of nitrogens with zero attached hydrogens (tertiary/aromatic N) is 1. The van der Waals surface area contributed by atoms with Crippen molar-refractivity contribution in [1.82, 2.24) is 10.2 Å². The van der Waals surface area contributed by atoms with Crippen LogP contribution in [0.5, 0.6) is 5.75 Å². The van der Waals surface area contributed by atoms with Gasteiger partial charge in [-0.1, -0.05) is 19.8 Å². The number of Topliss-reactive ketones (excluding diaryl/α,β-unsaturated/α-hetero) is 1. The van der Waals surface area contributed by atoms with Crippen molar-refractivity contribution in [3.05, 3.63) is 29.8 Å². The Bertz CT molecular complexity index is 821. The summed E-state index contributed by atoms with van der Waals surface area (Å²) in [6.07, 6.45) is 2.23. The molecule has 1 aliphatic heterocycles. The summed E-state index contributed by atoms with van der Waals surface area (Å²) in [6, 6.07) is 5.85. The first-order valence-electron chi connectivity index (χ1n) is 9.80. The summed E-state index contributed by atoms with van der Waals surface area (Å²) in [4.78, 5) is 50.9. The summed E-state index contributed by atoms with van der Waals surface area (Å²) in [6.45, 7) is 2.88. The number of rotatable bonds is 6. The van der Waals surface area contributed by atoms with Crippen LogP contribution in [-0.2, 0) is 14.3 Å². The van der Waals surface area contributed by atoms with E-state index in [1.807, 2.05) is 6.92 Å². The van der Waals surface area contributed by atoms with E-state index in [1.165, 1.54) is 14.0 Å². The molecular weight excluding hydrogens is 376 g/mol. The average Bonchev–Trinajstić information content (AvgIpc) is 2.94. The van der Waals surface area contributed by atoms with Crippen molar-refractivity contribution in [3.8, 4) is 5.75 Å². The van der Waals surface area contributed by atoms with E-state index in [2.05, 4.69) is 5.32 Å². The lowest BCUT2D eigenvalue weighted by molar-refractivity contribution is -0.150. The summed E-state index contributed by atoms with van der Waals surface area (Å²) in [5.41, 5.74) is -0.559. The highest BCUT2D eigenvalue weighted by Gasteiger charge is 2.55. The highest BCUT2D eigenvalue weighted by molar-refractivity contribution is 6.09. The minimum atomic E-state index is -1.04. The van der Waals surface area contributed by atoms with Crippen LogP contribution in [0.3, 0.4) is 0 Å². The number of urea groups is 1. The van der Waals surface area contributed by atoms with Gasteiger partial charge in [0.05, 0.1) is 7.11 Å². The zero-order chi connectivity index (χ0) is 21.2. The molecule has 8 nitrogen and oxygen atoms in total. The second-order valence-electron chi connectivity index (χ2n) is 7.66. The highest BCUT2D eigenvalue weighted by atomic mass is 16.5. The molecule has 0 unspecified atom stereocenters. The van der Waals surface area contributed by atoms with E-state index in [0.29, 0.717) is 17.7 Å². The molecule has 0 aromatic heterocycles. The molecule has 1 aromatic rings. The van der Waals surface area contributed by atoms with Crippen molar-refractivity contribution in [2.45, 2.75) is 51.2 Å². The molecule has 3 amide bonds. The lowest BCUT2D eigenvalue weighted by Crippen LogP contribution is -2.54. The van der Waals surface area contributed by atoms with E-state index in [9.17, 15) is 19.2 Å². The third-order valence-electron chi connectivity index (χ3n) is 5.84. The molecule has 0 bridgehead atoms. The second kappa shape index (κ2) is 8.23. The van der Waals surface area contributed by atoms with Gasteiger partial charge in [0.2, 0.25) is 5.78 Å². The third kappa shape index (κ3) is 3.97. The smallest absolute Gasteiger partial charge is 0.326 e. The van der Waals surface area contributed by atoms with Gasteiger partial charge in [0.1, 0.15) is 17.8 Å². The topological polar surface area (TPSA) is 102 Å². The quantitative estimate of drug-likeness (QED) is 0.445. The Morgan fingerprint density at radius 3 is 2.55 bits per heavy atom. The Morgan fingerprint density at radius 1 is 1.24 bits per heavy atom. The molecule has 1 saturated carbocycles. The molecule has 8 heteroatoms. The molecule has 1 saturated heterocycles. The number of ketones is 1. The molecule has 1 aromatic carbocycles. The van der Waals surface area contributed by atoms with E-state index in [-0.39, 0.29) is 17.6 Å². The maximum Gasteiger partial charge on any atom is 0.326 e. The predicted molar refractivity (Wildman–Crippen MR) is 103 cm³/mol. The maximum atomic E-state index is 12.9. The number of carbonyl (C=O) groups excluding carboxylic acids is 4. The standard InChI is InChI=1S/C21H26N2O6/c1-13-6-4-5-11-21(13)19(26)23(20(27)22-21)12-17(24)29-14(2)18(25)15-7-9-16(28-3)10-8-15/h7-10,13-14H,4-6,11-12H2,1-3H3,(H,22,27)/t13-,14-,21+/m0/s1. The molecule has 0 radical (unpaired) electrons. The number of hydrogen-bond acceptors (Lipinski definition) is 6. The Balaban J connectivity index is 1.61. The van der Waals surface area contributed by atoms with Crippen LogP contribution >= 0.6 is 0 Å². The fraction of sp³-hybridized carbons (Fsp3) is 0.524. The molecule has 2 aliphatic rings. The Kier molecular flexibility index (Phi) is 5.91. The van der Waals surface area contributed by atoms with Crippen molar-refractivity contribution in [2.24, 2.45) is 5.92 Å². The summed E-state index contributed by atoms with van der Waals surface area (Å²) in [7, 11) is 1.52. The molecule has 1 aliphatic carbocycles. The van der Waals surface area contributed by atoms with Crippen LogP contribution in [0.2, 0.25) is 0 Å². The van der Waals surface area contributed by atoms with Crippen LogP contribution in [-0.4, -0.2) is 53.9 Å². The molecule has 29 heavy (non-hydrogen) atoms. The number of amides is 3. The van der Waals surface area contributed by atoms with Gasteiger partial charge in [-0.15, -0.1) is 0 Å². The third-order valence-corrected chi connectivity index (χ3v) is 5.84. The first-order chi connectivity index (χ1) is 13.8. The normalized spacial score (nSPS) is 24.9. The van der Waals surface area contributed by atoms with Crippen LogP contribution in [0.4, 0.5) is 4.79 Å². The lowest BCUT2D eigenvalue weighted by atomic mass is 9.73. The Hall–Kier alpha value is -2.90. The minimum absolute atomic E-state index is 0.00398. The van der Waals surface area contributed by atoms with E-state index >= 15 is 0 Å². The average molecular weight is 402 g/mol. The van der Waals surface area contributed by atoms with Gasteiger partial charge < -0.3 is 14.8 Å². The summed E-state index contributed by atoms with van der Waals surface area (Å²) < 4.78 is 10.2. The molecular formula is C21H26N2O6. The van der Waals surface area contributed by atoms with Gasteiger partial charge in [0.25, 0.3) is 5.91 Å². The van der Waals surface area contributed by atoms with Gasteiger partial charge in [-0.3, -0.25) is 19.3 Å². The van der Waals surface area contributed by atoms with Gasteiger partial charge in [-0.2, -0.15) is 0 Å². The lowest BCUT2D eigenvalue weighted by Gasteiger charge is -2.36. The molecule has 2 fully saturated rings. The maximum absolute atomic E-state index is 12.9. The predicted octanol–water partition coefficient (Wildman–Crippen LogP) is 2.31. The summed E-state index contributed by atoms with van der Waals surface area (Å²) in [5, 5.41) is 2.79. The number of imide groups is 1. The number of ether oxygens (including phenoxy) is 2. The summed E-state index contributed by atoms with van der Waals surface area (Å²) in [5.74, 6) is -0.959. The molecule has 1 N–H and O–H groups in total. The van der Waals surface area contributed by atoms with E-state index in [1.54, 1.807) is 24.3 Å². The minimum Gasteiger partial charge on any atom is -0.497 e. The highest BCUT2D eigenvalue weighted by Crippen LogP contribution is 2.38. The van der Waals surface area contributed by atoms with Crippen LogP contribution < -0.4 is 10.1 Å². The number of benzene rings is 1. The van der Waals surface area contributed by atoms with E-state index in [4.69, 9.17) is 9.47 Å². The number of methoxy groups -OCH3 is 1. The largest absolute Gasteiger partial charge is 0.497 e. The van der Waals surface area contributed by atoms with E-state index in [0.717, 1.165) is 24.2 Å². The first kappa shape index (κ1) is 20.8. The molecule has 3 atom stereocenters. The van der Waals surface area contributed by atoms with Gasteiger partial charge in [0.15, 0.2) is 6.10 Å². The van der Waals surface area contributed by atoms with Crippen LogP contribution in [0, 0.1) is 5.92 Å². The molecule has 1 heterocycles. The van der Waals surface area contributed by atoms with Crippen molar-refractivity contribution < 1.29 is 28.7 Å². The van der Waals surface area contributed by atoms with Gasteiger partial charge in [-0.25, -0.2) is 4.79 Å². The number of nitrogens with one attached hydrogen (secondary N) is 1. The zero-order valence-corrected chi connectivity index (χ0v) is 16.9. The van der Waals surface area contributed by atoms with Crippen molar-refractivity contribution in [3.63, 3.8) is 0 Å². The first-order valence-corrected chi connectivity index (χ1v) is 9.80. The molecule has 156 valence electrons.